The van der Waals surface area contributed by atoms with Gasteiger partial charge in [-0.1, -0.05) is 6.07 Å². The summed E-state index contributed by atoms with van der Waals surface area (Å²) in [5.41, 5.74) is 1.05. The van der Waals surface area contributed by atoms with Crippen molar-refractivity contribution in [2.24, 2.45) is 0 Å². The van der Waals surface area contributed by atoms with Crippen LogP contribution >= 0.6 is 0 Å². The van der Waals surface area contributed by atoms with Gasteiger partial charge in [0.05, 0.1) is 11.1 Å². The highest BCUT2D eigenvalue weighted by molar-refractivity contribution is 5.92. The first kappa shape index (κ1) is 21.4. The van der Waals surface area contributed by atoms with Gasteiger partial charge in [-0.05, 0) is 52.1 Å². The monoisotopic (exact) mass is 408 g/mol. The van der Waals surface area contributed by atoms with Crippen LogP contribution in [0.3, 0.4) is 0 Å². The van der Waals surface area contributed by atoms with Crippen LogP contribution in [-0.4, -0.2) is 60.5 Å². The van der Waals surface area contributed by atoms with E-state index in [4.69, 9.17) is 0 Å². The van der Waals surface area contributed by atoms with Crippen molar-refractivity contribution in [3.8, 4) is 0 Å². The molecule has 8 heteroatoms. The highest BCUT2D eigenvalue weighted by Gasteiger charge is 2.31. The molecular weight excluding hydrogens is 381 g/mol. The number of carbonyl (C=O) groups excluding carboxylic acids is 1. The molecule has 1 aromatic carbocycles. The lowest BCUT2D eigenvalue weighted by Crippen LogP contribution is -2.39. The number of halogens is 3. The fraction of sp³-hybridized carbons (Fsp3) is 0.524. The van der Waals surface area contributed by atoms with E-state index < -0.39 is 11.7 Å². The highest BCUT2D eigenvalue weighted by Crippen LogP contribution is 2.33. The quantitative estimate of drug-likeness (QED) is 0.755. The van der Waals surface area contributed by atoms with Crippen molar-refractivity contribution in [2.45, 2.75) is 38.4 Å². The average Bonchev–Trinajstić information content (AvgIpc) is 2.98. The molecule has 5 nitrogen and oxygen atoms in total. The molecule has 2 heterocycles. The Morgan fingerprint density at radius 3 is 2.72 bits per heavy atom. The maximum absolute atomic E-state index is 13.0. The van der Waals surface area contributed by atoms with Crippen molar-refractivity contribution in [1.29, 1.82) is 0 Å². The summed E-state index contributed by atoms with van der Waals surface area (Å²) in [4.78, 5) is 20.4. The third-order valence-electron chi connectivity index (χ3n) is 5.30. The molecule has 0 aliphatic carbocycles. The number of alkyl halides is 3. The maximum atomic E-state index is 13.0. The number of carbonyl (C=O) groups is 1. The number of anilines is 1. The molecule has 29 heavy (non-hydrogen) atoms. The first-order valence-electron chi connectivity index (χ1n) is 9.82. The molecule has 0 saturated carbocycles. The Balaban J connectivity index is 1.69. The molecule has 1 amide bonds. The van der Waals surface area contributed by atoms with Gasteiger partial charge in [0.15, 0.2) is 0 Å². The topological polar surface area (TPSA) is 48.5 Å². The van der Waals surface area contributed by atoms with Crippen LogP contribution in [0.25, 0.3) is 10.9 Å². The number of hydrogen-bond acceptors (Lipinski definition) is 4. The van der Waals surface area contributed by atoms with Crippen LogP contribution in [0.2, 0.25) is 0 Å². The molecule has 1 unspecified atom stereocenters. The number of benzene rings is 1. The molecule has 158 valence electrons. The van der Waals surface area contributed by atoms with E-state index in [9.17, 15) is 18.0 Å². The number of aromatic nitrogens is 1. The molecule has 1 fully saturated rings. The SMILES string of the molecule is Cc1cc(NCCC2CCC(=O)N2CCN(C)C)c2ccc(C(F)(F)F)cc2n1. The third kappa shape index (κ3) is 5.18. The van der Waals surface area contributed by atoms with Crippen molar-refractivity contribution in [3.05, 3.63) is 35.5 Å². The summed E-state index contributed by atoms with van der Waals surface area (Å²) >= 11 is 0. The highest BCUT2D eigenvalue weighted by atomic mass is 19.4. The van der Waals surface area contributed by atoms with Gasteiger partial charge in [-0.3, -0.25) is 9.78 Å². The summed E-state index contributed by atoms with van der Waals surface area (Å²) in [5.74, 6) is 0.196. The van der Waals surface area contributed by atoms with Gasteiger partial charge in [-0.2, -0.15) is 13.2 Å². The smallest absolute Gasteiger partial charge is 0.384 e. The number of rotatable bonds is 7. The molecule has 0 spiro atoms. The number of pyridine rings is 1. The van der Waals surface area contributed by atoms with Gasteiger partial charge in [0, 0.05) is 48.9 Å². The van der Waals surface area contributed by atoms with Crippen molar-refractivity contribution < 1.29 is 18.0 Å². The molecule has 1 N–H and O–H groups in total. The largest absolute Gasteiger partial charge is 0.416 e. The number of aryl methyl sites for hydroxylation is 1. The molecule has 3 rings (SSSR count). The van der Waals surface area contributed by atoms with Gasteiger partial charge < -0.3 is 15.1 Å². The number of nitrogens with one attached hydrogen (secondary N) is 1. The standard InChI is InChI=1S/C21H27F3N4O/c1-14-12-18(17-6-4-15(21(22,23)24)13-19(17)26-14)25-9-8-16-5-7-20(29)28(16)11-10-27(2)3/h4,6,12-13,16H,5,7-11H2,1-3H3,(H,25,26). The summed E-state index contributed by atoms with van der Waals surface area (Å²) in [7, 11) is 3.97. The van der Waals surface area contributed by atoms with Gasteiger partial charge in [-0.15, -0.1) is 0 Å². The van der Waals surface area contributed by atoms with Crippen LogP contribution in [0.1, 0.15) is 30.5 Å². The summed E-state index contributed by atoms with van der Waals surface area (Å²) in [5, 5.41) is 4.01. The Morgan fingerprint density at radius 2 is 2.03 bits per heavy atom. The van der Waals surface area contributed by atoms with Crippen molar-refractivity contribution >= 4 is 22.5 Å². The Labute approximate surface area is 168 Å². The predicted molar refractivity (Wildman–Crippen MR) is 108 cm³/mol. The fourth-order valence-electron chi connectivity index (χ4n) is 3.77. The van der Waals surface area contributed by atoms with Crippen LogP contribution in [-0.2, 0) is 11.0 Å². The Hall–Kier alpha value is -2.35. The molecule has 1 aliphatic heterocycles. The zero-order valence-corrected chi connectivity index (χ0v) is 17.0. The van der Waals surface area contributed by atoms with E-state index in [0.29, 0.717) is 36.1 Å². The average molecular weight is 408 g/mol. The Bertz CT molecular complexity index is 882. The van der Waals surface area contributed by atoms with E-state index in [1.165, 1.54) is 6.07 Å². The minimum Gasteiger partial charge on any atom is -0.384 e. The van der Waals surface area contributed by atoms with E-state index in [2.05, 4.69) is 15.2 Å². The lowest BCUT2D eigenvalue weighted by atomic mass is 10.1. The van der Waals surface area contributed by atoms with Crippen molar-refractivity contribution in [2.75, 3.05) is 39.0 Å². The molecule has 0 bridgehead atoms. The van der Waals surface area contributed by atoms with E-state index in [1.807, 2.05) is 25.1 Å². The normalized spacial score (nSPS) is 17.6. The van der Waals surface area contributed by atoms with Crippen LogP contribution < -0.4 is 5.32 Å². The van der Waals surface area contributed by atoms with Gasteiger partial charge in [-0.25, -0.2) is 0 Å². The maximum Gasteiger partial charge on any atom is 0.416 e. The minimum atomic E-state index is -4.39. The number of amides is 1. The van der Waals surface area contributed by atoms with Gasteiger partial charge >= 0.3 is 6.18 Å². The van der Waals surface area contributed by atoms with Crippen LogP contribution in [0.15, 0.2) is 24.3 Å². The first-order chi connectivity index (χ1) is 13.6. The number of fused-ring (bicyclic) bond motifs is 1. The van der Waals surface area contributed by atoms with E-state index in [1.54, 1.807) is 6.92 Å². The second kappa shape index (κ2) is 8.57. The summed E-state index contributed by atoms with van der Waals surface area (Å²) in [6.07, 6.45) is -2.17. The molecule has 1 atom stereocenters. The third-order valence-corrected chi connectivity index (χ3v) is 5.30. The van der Waals surface area contributed by atoms with Crippen LogP contribution in [0, 0.1) is 6.92 Å². The van der Waals surface area contributed by atoms with Gasteiger partial charge in [0.1, 0.15) is 0 Å². The predicted octanol–water partition coefficient (Wildman–Crippen LogP) is 3.92. The number of hydrogen-bond donors (Lipinski definition) is 1. The number of likely N-dealkylation sites (N-methyl/N-ethyl adjacent to an activating group) is 1. The number of likely N-dealkylation sites (tertiary alicyclic amines) is 1. The summed E-state index contributed by atoms with van der Waals surface area (Å²) in [6, 6.07) is 5.69. The van der Waals surface area contributed by atoms with Crippen LogP contribution in [0.5, 0.6) is 0 Å². The van der Waals surface area contributed by atoms with Gasteiger partial charge in [0.2, 0.25) is 5.91 Å². The lowest BCUT2D eigenvalue weighted by molar-refractivity contribution is -0.137. The van der Waals surface area contributed by atoms with Crippen molar-refractivity contribution in [1.82, 2.24) is 14.8 Å². The summed E-state index contributed by atoms with van der Waals surface area (Å²) < 4.78 is 39.0. The second-order valence-electron chi connectivity index (χ2n) is 7.84. The Kier molecular flexibility index (Phi) is 6.31. The summed E-state index contributed by atoms with van der Waals surface area (Å²) in [6.45, 7) is 3.94. The van der Waals surface area contributed by atoms with Gasteiger partial charge in [0.25, 0.3) is 0 Å². The molecule has 0 radical (unpaired) electrons. The van der Waals surface area contributed by atoms with E-state index in [0.717, 1.165) is 37.2 Å². The molecule has 2 aromatic rings. The molecular formula is C21H27F3N4O. The van der Waals surface area contributed by atoms with Crippen molar-refractivity contribution in [3.63, 3.8) is 0 Å². The lowest BCUT2D eigenvalue weighted by Gasteiger charge is -2.26. The van der Waals surface area contributed by atoms with Crippen LogP contribution in [0.4, 0.5) is 18.9 Å². The Morgan fingerprint density at radius 1 is 1.28 bits per heavy atom. The zero-order chi connectivity index (χ0) is 21.2. The molecule has 1 saturated heterocycles. The molecule has 1 aromatic heterocycles. The number of nitrogens with zero attached hydrogens (tertiary/aromatic N) is 3. The first-order valence-corrected chi connectivity index (χ1v) is 9.82. The molecule has 1 aliphatic rings. The van der Waals surface area contributed by atoms with E-state index >= 15 is 0 Å². The zero-order valence-electron chi connectivity index (χ0n) is 17.0. The second-order valence-corrected chi connectivity index (χ2v) is 7.84. The van der Waals surface area contributed by atoms with E-state index in [-0.39, 0.29) is 11.9 Å². The minimum absolute atomic E-state index is 0.195. The fourth-order valence-corrected chi connectivity index (χ4v) is 3.77.